The Labute approximate surface area is 170 Å². The average molecular weight is 387 g/mol. The van der Waals surface area contributed by atoms with Crippen molar-refractivity contribution >= 4 is 18.0 Å². The Hall–Kier alpha value is -2.95. The second-order valence-corrected chi connectivity index (χ2v) is 8.52. The Morgan fingerprint density at radius 1 is 0.966 bits per heavy atom. The molecular formula is C24H25N3O2. The number of hydrogen-bond acceptors (Lipinski definition) is 3. The summed E-state index contributed by atoms with van der Waals surface area (Å²) in [4.78, 5) is 25.9. The highest BCUT2D eigenvalue weighted by Crippen LogP contribution is 2.49. The minimum Gasteiger partial charge on any atom is -0.318 e. The number of allylic oxidation sites excluding steroid dienone is 2. The van der Waals surface area contributed by atoms with E-state index in [4.69, 9.17) is 0 Å². The highest BCUT2D eigenvalue weighted by atomic mass is 16.2. The quantitative estimate of drug-likeness (QED) is 0.455. The van der Waals surface area contributed by atoms with Crippen molar-refractivity contribution < 1.29 is 9.59 Å². The summed E-state index contributed by atoms with van der Waals surface area (Å²) >= 11 is 0. The Bertz CT molecular complexity index is 1050. The molecule has 0 unspecified atom stereocenters. The van der Waals surface area contributed by atoms with Crippen LogP contribution in [0.25, 0.3) is 5.69 Å². The fourth-order valence-electron chi connectivity index (χ4n) is 5.40. The van der Waals surface area contributed by atoms with E-state index in [1.54, 1.807) is 6.21 Å². The molecule has 1 aromatic carbocycles. The van der Waals surface area contributed by atoms with E-state index >= 15 is 0 Å². The van der Waals surface area contributed by atoms with Gasteiger partial charge >= 0.3 is 0 Å². The molecule has 3 aliphatic carbocycles. The molecule has 0 radical (unpaired) electrons. The predicted molar refractivity (Wildman–Crippen MR) is 112 cm³/mol. The van der Waals surface area contributed by atoms with Gasteiger partial charge in [0.05, 0.1) is 18.1 Å². The van der Waals surface area contributed by atoms with Gasteiger partial charge in [-0.1, -0.05) is 30.4 Å². The molecule has 0 spiro atoms. The van der Waals surface area contributed by atoms with Gasteiger partial charge in [-0.25, -0.2) is 0 Å². The number of aromatic nitrogens is 1. The van der Waals surface area contributed by atoms with Crippen LogP contribution in [0.15, 0.2) is 47.6 Å². The second-order valence-electron chi connectivity index (χ2n) is 8.52. The van der Waals surface area contributed by atoms with Crippen LogP contribution in [0.3, 0.4) is 0 Å². The molecule has 4 atom stereocenters. The zero-order chi connectivity index (χ0) is 20.3. The first-order chi connectivity index (χ1) is 14.0. The normalized spacial score (nSPS) is 28.0. The van der Waals surface area contributed by atoms with E-state index in [0.29, 0.717) is 0 Å². The molecule has 1 aliphatic heterocycles. The van der Waals surface area contributed by atoms with Gasteiger partial charge in [0.2, 0.25) is 0 Å². The maximum atomic E-state index is 12.9. The first kappa shape index (κ1) is 18.1. The van der Waals surface area contributed by atoms with E-state index in [-0.39, 0.29) is 35.5 Å². The summed E-state index contributed by atoms with van der Waals surface area (Å²) in [6.07, 6.45) is 7.92. The van der Waals surface area contributed by atoms with Gasteiger partial charge in [0, 0.05) is 22.6 Å². The second kappa shape index (κ2) is 6.55. The van der Waals surface area contributed by atoms with Gasteiger partial charge < -0.3 is 4.57 Å². The van der Waals surface area contributed by atoms with Crippen LogP contribution in [0.1, 0.15) is 35.4 Å². The first-order valence-electron chi connectivity index (χ1n) is 10.3. The van der Waals surface area contributed by atoms with Gasteiger partial charge in [0.1, 0.15) is 0 Å². The molecule has 2 heterocycles. The van der Waals surface area contributed by atoms with Crippen LogP contribution in [0.5, 0.6) is 0 Å². The van der Waals surface area contributed by atoms with Crippen molar-refractivity contribution in [3.8, 4) is 5.69 Å². The number of carbonyl (C=O) groups excluding carboxylic acids is 2. The smallest absolute Gasteiger partial charge is 0.254 e. The summed E-state index contributed by atoms with van der Waals surface area (Å²) in [7, 11) is 0. The van der Waals surface area contributed by atoms with Crippen molar-refractivity contribution in [3.05, 3.63) is 65.0 Å². The molecule has 2 fully saturated rings. The number of amides is 2. The van der Waals surface area contributed by atoms with Gasteiger partial charge in [-0.2, -0.15) is 10.1 Å². The molecule has 5 heteroatoms. The van der Waals surface area contributed by atoms with E-state index in [9.17, 15) is 9.59 Å². The molecule has 2 bridgehead atoms. The van der Waals surface area contributed by atoms with Gasteiger partial charge in [-0.05, 0) is 63.1 Å². The van der Waals surface area contributed by atoms with Crippen LogP contribution in [0, 0.1) is 44.4 Å². The van der Waals surface area contributed by atoms with E-state index in [1.165, 1.54) is 5.56 Å². The summed E-state index contributed by atoms with van der Waals surface area (Å²) in [5.41, 5.74) is 5.37. The number of nitrogens with zero attached hydrogens (tertiary/aromatic N) is 3. The number of benzene rings is 1. The summed E-state index contributed by atoms with van der Waals surface area (Å²) in [5.74, 6) is -0.336. The lowest BCUT2D eigenvalue weighted by atomic mass is 9.63. The number of para-hydroxylation sites is 1. The number of aryl methyl sites for hydroxylation is 2. The molecule has 2 amide bonds. The lowest BCUT2D eigenvalue weighted by Gasteiger charge is -2.37. The number of hydrazone groups is 1. The molecule has 1 saturated heterocycles. The lowest BCUT2D eigenvalue weighted by molar-refractivity contribution is -0.140. The van der Waals surface area contributed by atoms with Crippen molar-refractivity contribution in [2.75, 3.05) is 0 Å². The van der Waals surface area contributed by atoms with E-state index in [1.807, 2.05) is 19.1 Å². The minimum absolute atomic E-state index is 0.136. The predicted octanol–water partition coefficient (Wildman–Crippen LogP) is 3.93. The molecule has 0 N–H and O–H groups in total. The molecule has 1 aromatic heterocycles. The highest BCUT2D eigenvalue weighted by molar-refractivity contribution is 6.06. The Kier molecular flexibility index (Phi) is 4.09. The lowest BCUT2D eigenvalue weighted by Crippen LogP contribution is -2.38. The number of imide groups is 1. The van der Waals surface area contributed by atoms with E-state index in [0.717, 1.165) is 40.5 Å². The van der Waals surface area contributed by atoms with Crippen molar-refractivity contribution in [1.29, 1.82) is 0 Å². The fourth-order valence-corrected chi connectivity index (χ4v) is 5.40. The molecule has 29 heavy (non-hydrogen) atoms. The summed E-state index contributed by atoms with van der Waals surface area (Å²) < 4.78 is 2.19. The van der Waals surface area contributed by atoms with Crippen molar-refractivity contribution in [3.63, 3.8) is 0 Å². The molecule has 6 rings (SSSR count). The summed E-state index contributed by atoms with van der Waals surface area (Å²) in [6.45, 7) is 6.19. The van der Waals surface area contributed by atoms with Gasteiger partial charge in [-0.15, -0.1) is 0 Å². The van der Waals surface area contributed by atoms with Crippen LogP contribution >= 0.6 is 0 Å². The van der Waals surface area contributed by atoms with Crippen LogP contribution in [0.4, 0.5) is 0 Å². The van der Waals surface area contributed by atoms with Crippen molar-refractivity contribution in [2.45, 2.75) is 33.6 Å². The maximum absolute atomic E-state index is 12.9. The molecule has 2 aromatic rings. The fraction of sp³-hybridized carbons (Fsp3) is 0.375. The van der Waals surface area contributed by atoms with E-state index in [2.05, 4.69) is 53.9 Å². The average Bonchev–Trinajstić information content (AvgIpc) is 3.16. The van der Waals surface area contributed by atoms with Crippen LogP contribution < -0.4 is 0 Å². The molecular weight excluding hydrogens is 362 g/mol. The Morgan fingerprint density at radius 2 is 1.59 bits per heavy atom. The number of rotatable bonds is 3. The zero-order valence-electron chi connectivity index (χ0n) is 17.0. The standard InChI is InChI=1S/C24H25N3O2/c1-14-6-4-5-7-20(14)26-15(2)12-19(16(26)3)13-25-27-23(28)21-17-8-9-18(11-10-17)22(21)24(27)29/h4-9,12-13,17-18,21-22H,10-11H2,1-3H3/b25-13-/t17-,18-,21-,22+/m0/s1. The maximum Gasteiger partial charge on any atom is 0.254 e. The molecule has 5 nitrogen and oxygen atoms in total. The molecule has 148 valence electrons. The van der Waals surface area contributed by atoms with Crippen LogP contribution in [-0.2, 0) is 9.59 Å². The third-order valence-corrected chi connectivity index (χ3v) is 6.88. The minimum atomic E-state index is -0.220. The number of carbonyl (C=O) groups is 2. The number of hydrogen-bond donors (Lipinski definition) is 0. The molecule has 4 aliphatic rings. The Balaban J connectivity index is 1.46. The zero-order valence-corrected chi connectivity index (χ0v) is 17.0. The van der Waals surface area contributed by atoms with Gasteiger partial charge in [-0.3, -0.25) is 9.59 Å². The SMILES string of the molecule is Cc1ccccc1-n1c(C)cc(/C=N\N2C(=O)[C@@H]3[C@H](C2=O)[C@H]2C=C[C@H]3CC2)c1C. The Morgan fingerprint density at radius 3 is 2.17 bits per heavy atom. The van der Waals surface area contributed by atoms with E-state index < -0.39 is 0 Å². The first-order valence-corrected chi connectivity index (χ1v) is 10.3. The van der Waals surface area contributed by atoms with Gasteiger partial charge in [0.15, 0.2) is 0 Å². The third kappa shape index (κ3) is 2.64. The van der Waals surface area contributed by atoms with Crippen molar-refractivity contribution in [2.24, 2.45) is 28.8 Å². The molecule has 1 saturated carbocycles. The summed E-state index contributed by atoms with van der Waals surface area (Å²) in [5, 5.41) is 5.51. The third-order valence-electron chi connectivity index (χ3n) is 6.88. The van der Waals surface area contributed by atoms with Gasteiger partial charge in [0.25, 0.3) is 11.8 Å². The highest BCUT2D eigenvalue weighted by Gasteiger charge is 2.56. The summed E-state index contributed by atoms with van der Waals surface area (Å²) in [6, 6.07) is 10.3. The van der Waals surface area contributed by atoms with Crippen LogP contribution in [-0.4, -0.2) is 27.6 Å². The van der Waals surface area contributed by atoms with Crippen LogP contribution in [0.2, 0.25) is 0 Å². The largest absolute Gasteiger partial charge is 0.318 e. The number of fused-ring (bicyclic) bond motifs is 1. The van der Waals surface area contributed by atoms with Crippen molar-refractivity contribution in [1.82, 2.24) is 9.58 Å². The monoisotopic (exact) mass is 387 g/mol. The topological polar surface area (TPSA) is 54.7 Å².